The number of carbonyl (C=O) groups is 2. The summed E-state index contributed by atoms with van der Waals surface area (Å²) in [6, 6.07) is 12.4. The van der Waals surface area contributed by atoms with E-state index in [2.05, 4.69) is 4.72 Å². The van der Waals surface area contributed by atoms with Crippen molar-refractivity contribution in [2.24, 2.45) is 0 Å². The van der Waals surface area contributed by atoms with Crippen molar-refractivity contribution < 1.29 is 27.1 Å². The topological polar surface area (TPSA) is 92.8 Å². The van der Waals surface area contributed by atoms with E-state index in [1.165, 1.54) is 12.1 Å². The molecule has 7 nitrogen and oxygen atoms in total. The van der Waals surface area contributed by atoms with Gasteiger partial charge in [-0.3, -0.25) is 9.59 Å². The first-order valence-electron chi connectivity index (χ1n) is 11.0. The molecule has 1 N–H and O–H groups in total. The van der Waals surface area contributed by atoms with Crippen LogP contribution in [-0.4, -0.2) is 49.9 Å². The van der Waals surface area contributed by atoms with E-state index in [1.54, 1.807) is 35.2 Å². The van der Waals surface area contributed by atoms with Crippen LogP contribution in [0.3, 0.4) is 0 Å². The summed E-state index contributed by atoms with van der Waals surface area (Å²) in [6.07, 6.45) is 2.77. The van der Waals surface area contributed by atoms with Crippen LogP contribution in [0, 0.1) is 5.82 Å². The summed E-state index contributed by atoms with van der Waals surface area (Å²) in [5, 5.41) is 0. The lowest BCUT2D eigenvalue weighted by atomic mass is 9.97. The molecule has 0 spiro atoms. The quantitative estimate of drug-likeness (QED) is 0.591. The summed E-state index contributed by atoms with van der Waals surface area (Å²) >= 11 is 0. The second-order valence-electron chi connectivity index (χ2n) is 8.33. The lowest BCUT2D eigenvalue weighted by molar-refractivity contribution is -0.156. The van der Waals surface area contributed by atoms with Gasteiger partial charge in [0.05, 0.1) is 0 Å². The minimum Gasteiger partial charge on any atom is -0.454 e. The van der Waals surface area contributed by atoms with E-state index in [0.717, 1.165) is 31.4 Å². The fraction of sp³-hybridized carbons (Fsp3) is 0.417. The fourth-order valence-corrected chi connectivity index (χ4v) is 5.42. The molecule has 0 radical (unpaired) electrons. The molecule has 3 atom stereocenters. The van der Waals surface area contributed by atoms with Gasteiger partial charge in [-0.05, 0) is 57.2 Å². The lowest BCUT2D eigenvalue weighted by Crippen LogP contribution is -2.50. The van der Waals surface area contributed by atoms with Crippen LogP contribution in [0.25, 0.3) is 0 Å². The van der Waals surface area contributed by atoms with Crippen molar-refractivity contribution in [1.29, 1.82) is 0 Å². The maximum atomic E-state index is 14.1. The molecular weight excluding hydrogens is 447 g/mol. The molecule has 1 saturated heterocycles. The van der Waals surface area contributed by atoms with Crippen molar-refractivity contribution in [3.8, 4) is 0 Å². The van der Waals surface area contributed by atoms with E-state index in [-0.39, 0.29) is 24.4 Å². The zero-order valence-electron chi connectivity index (χ0n) is 18.7. The molecule has 1 aliphatic heterocycles. The highest BCUT2D eigenvalue weighted by molar-refractivity contribution is 7.89. The zero-order chi connectivity index (χ0) is 24.0. The first-order valence-corrected chi connectivity index (χ1v) is 12.5. The van der Waals surface area contributed by atoms with E-state index in [0.29, 0.717) is 5.56 Å². The average molecular weight is 477 g/mol. The van der Waals surface area contributed by atoms with Gasteiger partial charge >= 0.3 is 5.97 Å². The SMILES string of the molecule is CC1CCCC(C)N1C(=O)COC(=O)C(Cc1ccccc1)NS(=O)(=O)c1ccccc1F. The number of benzene rings is 2. The predicted molar refractivity (Wildman–Crippen MR) is 121 cm³/mol. The zero-order valence-corrected chi connectivity index (χ0v) is 19.6. The van der Waals surface area contributed by atoms with Crippen LogP contribution in [0.4, 0.5) is 4.39 Å². The third kappa shape index (κ3) is 6.39. The fourth-order valence-electron chi connectivity index (χ4n) is 4.16. The van der Waals surface area contributed by atoms with Crippen molar-refractivity contribution >= 4 is 21.9 Å². The maximum Gasteiger partial charge on any atom is 0.325 e. The number of halogens is 1. The van der Waals surface area contributed by atoms with Gasteiger partial charge in [-0.2, -0.15) is 4.72 Å². The number of sulfonamides is 1. The van der Waals surface area contributed by atoms with Gasteiger partial charge in [-0.1, -0.05) is 42.5 Å². The van der Waals surface area contributed by atoms with Gasteiger partial charge < -0.3 is 9.64 Å². The Hall–Kier alpha value is -2.78. The number of nitrogens with one attached hydrogen (secondary N) is 1. The smallest absolute Gasteiger partial charge is 0.325 e. The molecule has 9 heteroatoms. The Morgan fingerprint density at radius 3 is 2.30 bits per heavy atom. The maximum absolute atomic E-state index is 14.1. The van der Waals surface area contributed by atoms with Gasteiger partial charge in [0.2, 0.25) is 10.0 Å². The molecule has 0 saturated carbocycles. The highest BCUT2D eigenvalue weighted by Crippen LogP contribution is 2.22. The van der Waals surface area contributed by atoms with Crippen molar-refractivity contribution in [1.82, 2.24) is 9.62 Å². The number of nitrogens with zero attached hydrogens (tertiary/aromatic N) is 1. The summed E-state index contributed by atoms with van der Waals surface area (Å²) in [6.45, 7) is 3.42. The number of ether oxygens (including phenoxy) is 1. The van der Waals surface area contributed by atoms with E-state index < -0.39 is 39.4 Å². The molecule has 1 amide bonds. The molecule has 3 rings (SSSR count). The summed E-state index contributed by atoms with van der Waals surface area (Å²) in [5.74, 6) is -2.15. The second-order valence-corrected chi connectivity index (χ2v) is 10.0. The number of rotatable bonds is 8. The second kappa shape index (κ2) is 10.9. The number of esters is 1. The normalized spacial score (nSPS) is 19.7. The van der Waals surface area contributed by atoms with Gasteiger partial charge in [-0.15, -0.1) is 0 Å². The molecule has 0 aliphatic carbocycles. The molecule has 178 valence electrons. The molecule has 0 bridgehead atoms. The van der Waals surface area contributed by atoms with Crippen LogP contribution >= 0.6 is 0 Å². The van der Waals surface area contributed by atoms with Gasteiger partial charge in [0.15, 0.2) is 6.61 Å². The summed E-state index contributed by atoms with van der Waals surface area (Å²) in [7, 11) is -4.35. The minimum absolute atomic E-state index is 0.0158. The average Bonchev–Trinajstić information content (AvgIpc) is 2.77. The van der Waals surface area contributed by atoms with E-state index in [4.69, 9.17) is 4.74 Å². The third-order valence-corrected chi connectivity index (χ3v) is 7.32. The van der Waals surface area contributed by atoms with Gasteiger partial charge in [0.1, 0.15) is 16.8 Å². The van der Waals surface area contributed by atoms with Crippen LogP contribution in [0.2, 0.25) is 0 Å². The van der Waals surface area contributed by atoms with E-state index in [1.807, 2.05) is 13.8 Å². The molecule has 0 aromatic heterocycles. The van der Waals surface area contributed by atoms with E-state index in [9.17, 15) is 22.4 Å². The molecule has 1 aliphatic rings. The largest absolute Gasteiger partial charge is 0.454 e. The highest BCUT2D eigenvalue weighted by Gasteiger charge is 2.32. The van der Waals surface area contributed by atoms with E-state index >= 15 is 0 Å². The molecule has 1 heterocycles. The molecule has 33 heavy (non-hydrogen) atoms. The highest BCUT2D eigenvalue weighted by atomic mass is 32.2. The van der Waals surface area contributed by atoms with Crippen LogP contribution in [0.1, 0.15) is 38.7 Å². The Balaban J connectivity index is 1.75. The molecule has 1 fully saturated rings. The van der Waals surface area contributed by atoms with Crippen LogP contribution in [0.5, 0.6) is 0 Å². The molecule has 2 aromatic carbocycles. The van der Waals surface area contributed by atoms with Crippen LogP contribution < -0.4 is 4.72 Å². The van der Waals surface area contributed by atoms with Gasteiger partial charge in [0.25, 0.3) is 5.91 Å². The predicted octanol–water partition coefficient (Wildman–Crippen LogP) is 3.05. The van der Waals surface area contributed by atoms with Crippen molar-refractivity contribution in [3.63, 3.8) is 0 Å². The lowest BCUT2D eigenvalue weighted by Gasteiger charge is -2.38. The monoisotopic (exact) mass is 476 g/mol. The number of hydrogen-bond acceptors (Lipinski definition) is 5. The number of amides is 1. The molecule has 2 aromatic rings. The summed E-state index contributed by atoms with van der Waals surface area (Å²) < 4.78 is 47.2. The van der Waals surface area contributed by atoms with Crippen molar-refractivity contribution in [2.75, 3.05) is 6.61 Å². The number of carbonyl (C=O) groups excluding carboxylic acids is 2. The Kier molecular flexibility index (Phi) is 8.20. The Bertz CT molecular complexity index is 1070. The first kappa shape index (κ1) is 24.9. The Morgan fingerprint density at radius 1 is 1.06 bits per heavy atom. The molecular formula is C24H29FN2O5S. The van der Waals surface area contributed by atoms with Crippen LogP contribution in [-0.2, 0) is 30.8 Å². The summed E-state index contributed by atoms with van der Waals surface area (Å²) in [4.78, 5) is 26.7. The first-order chi connectivity index (χ1) is 15.7. The van der Waals surface area contributed by atoms with Crippen molar-refractivity contribution in [3.05, 3.63) is 66.0 Å². The van der Waals surface area contributed by atoms with Gasteiger partial charge in [0, 0.05) is 12.1 Å². The number of likely N-dealkylation sites (tertiary alicyclic amines) is 1. The van der Waals surface area contributed by atoms with Crippen LogP contribution in [0.15, 0.2) is 59.5 Å². The Morgan fingerprint density at radius 2 is 1.67 bits per heavy atom. The summed E-state index contributed by atoms with van der Waals surface area (Å²) in [5.41, 5.74) is 0.681. The van der Waals surface area contributed by atoms with Gasteiger partial charge in [-0.25, -0.2) is 12.8 Å². The van der Waals surface area contributed by atoms with Crippen molar-refractivity contribution in [2.45, 2.75) is 62.6 Å². The number of hydrogen-bond donors (Lipinski definition) is 1. The molecule has 3 unspecified atom stereocenters. The Labute approximate surface area is 194 Å². The number of piperidine rings is 1. The minimum atomic E-state index is -4.35. The third-order valence-electron chi connectivity index (χ3n) is 5.81. The standard InChI is InChI=1S/C24H29FN2O5S/c1-17-9-8-10-18(2)27(17)23(28)16-32-24(29)21(15-19-11-4-3-5-12-19)26-33(30,31)22-14-7-6-13-20(22)25/h3-7,11-14,17-18,21,26H,8-10,15-16H2,1-2H3.